The second-order valence-corrected chi connectivity index (χ2v) is 25.4. The number of alkyl halides is 3. The number of pyridine rings is 1. The van der Waals surface area contributed by atoms with Gasteiger partial charge in [0.2, 0.25) is 0 Å². The molecule has 0 bridgehead atoms. The summed E-state index contributed by atoms with van der Waals surface area (Å²) in [6.07, 6.45) is -5.31. The van der Waals surface area contributed by atoms with Crippen molar-refractivity contribution in [3.05, 3.63) is 277 Å². The van der Waals surface area contributed by atoms with Crippen molar-refractivity contribution < 1.29 is 81.6 Å². The van der Waals surface area contributed by atoms with E-state index in [2.05, 4.69) is 36.4 Å². The van der Waals surface area contributed by atoms with Crippen molar-refractivity contribution in [2.45, 2.75) is 6.18 Å². The van der Waals surface area contributed by atoms with Crippen LogP contribution in [-0.4, -0.2) is 21.6 Å². The van der Waals surface area contributed by atoms with Crippen LogP contribution < -0.4 is 37.4 Å². The second-order valence-electron chi connectivity index (χ2n) is 18.9. The topological polar surface area (TPSA) is 93.4 Å². The van der Waals surface area contributed by atoms with Crippen LogP contribution in [0.3, 0.4) is 0 Å². The maximum absolute atomic E-state index is 16.2. The molecular weight excluding hydrogens is 1200 g/mol. The number of halogens is 3. The Morgan fingerprint density at radius 1 is 0.438 bits per heavy atom. The molecule has 0 amide bonds. The third-order valence-electron chi connectivity index (χ3n) is 14.4. The first kappa shape index (κ1) is 54.6. The summed E-state index contributed by atoms with van der Waals surface area (Å²) in [4.78, 5) is 25.3. The maximum atomic E-state index is 16.2. The molecule has 0 fully saturated rings. The number of rotatable bonds is 9. The molecule has 1 radical (unpaired) electrons. The van der Waals surface area contributed by atoms with Gasteiger partial charge in [0.25, 0.3) is 11.3 Å². The van der Waals surface area contributed by atoms with Gasteiger partial charge in [-0.2, -0.15) is 13.2 Å². The van der Waals surface area contributed by atoms with Gasteiger partial charge in [-0.1, -0.05) is 224 Å². The number of Topliss-reactive ketones (excluding diaryl/α,β-unsaturated/α-hetero) is 1. The van der Waals surface area contributed by atoms with Crippen LogP contribution in [0.5, 0.6) is 5.75 Å². The van der Waals surface area contributed by atoms with Crippen LogP contribution in [0.25, 0.3) is 69.4 Å². The normalized spacial score (nSPS) is 11.8. The molecule has 13 heteroatoms. The van der Waals surface area contributed by atoms with Crippen molar-refractivity contribution in [1.82, 2.24) is 4.57 Å². The third-order valence-corrected chi connectivity index (χ3v) is 21.8. The molecule has 13 rings (SSSR count). The van der Waals surface area contributed by atoms with E-state index in [1.165, 1.54) is 17.4 Å². The minimum absolute atomic E-state index is 0. The van der Waals surface area contributed by atoms with Crippen molar-refractivity contribution in [2.24, 2.45) is 0 Å². The molecule has 0 aliphatic heterocycles. The predicted molar refractivity (Wildman–Crippen MR) is 320 cm³/mol. The molecule has 1 N–H and O–H groups in total. The molecule has 0 saturated heterocycles. The van der Waals surface area contributed by atoms with Crippen LogP contribution in [0.2, 0.25) is 0 Å². The van der Waals surface area contributed by atoms with E-state index in [9.17, 15) is 27.9 Å². The molecule has 2 heterocycles. The van der Waals surface area contributed by atoms with Crippen LogP contribution >= 0.6 is 25.6 Å². The van der Waals surface area contributed by atoms with E-state index in [4.69, 9.17) is 0 Å². The fraction of sp³-hybridized carbons (Fsp3) is 0.0149. The maximum Gasteiger partial charge on any atom is 0.455 e. The molecule has 0 aliphatic rings. The third kappa shape index (κ3) is 9.44. The van der Waals surface area contributed by atoms with Gasteiger partial charge in [0.15, 0.2) is 14.3 Å². The monoisotopic (exact) mass is 1250 g/mol. The molecule has 11 aromatic carbocycles. The Bertz CT molecular complexity index is 4390. The van der Waals surface area contributed by atoms with Crippen LogP contribution in [0.1, 0.15) is 10.4 Å². The van der Waals surface area contributed by atoms with Gasteiger partial charge in [-0.3, -0.25) is 14.2 Å². The van der Waals surface area contributed by atoms with Gasteiger partial charge in [0.1, 0.15) is 11.3 Å². The van der Waals surface area contributed by atoms with Crippen molar-refractivity contribution in [3.8, 4) is 22.6 Å². The van der Waals surface area contributed by atoms with Crippen LogP contribution in [-0.2, 0) is 9.13 Å². The minimum Gasteiger partial charge on any atom is -0.506 e. The SMILES string of the molecule is O=C(c1c(O)c2ccc3c4ccccc4sc3c2n(-c2ccccc2)c1=O)C(F)(F)F.O=P(c1ccccc1)(c1ccccc1)c1ccc2ccccc2c1-c1c(P(=O)(c2ccccc2)c2ccccc2)ccc2ccccc12.[Eu]. The number of aromatic hydroxyl groups is 1. The largest absolute Gasteiger partial charge is 0.506 e. The zero-order valence-corrected chi connectivity index (χ0v) is 47.2. The Morgan fingerprint density at radius 2 is 0.812 bits per heavy atom. The number of para-hydroxylation sites is 1. The molecule has 0 aliphatic carbocycles. The fourth-order valence-electron chi connectivity index (χ4n) is 10.8. The molecule has 0 saturated carbocycles. The van der Waals surface area contributed by atoms with Crippen LogP contribution in [0.4, 0.5) is 13.2 Å². The smallest absolute Gasteiger partial charge is 0.455 e. The van der Waals surface area contributed by atoms with Gasteiger partial charge in [0.05, 0.1) is 10.2 Å². The van der Waals surface area contributed by atoms with Crippen molar-refractivity contribution in [2.75, 3.05) is 0 Å². The number of carbonyl (C=O) groups excluding carboxylic acids is 1. The van der Waals surface area contributed by atoms with Gasteiger partial charge < -0.3 is 14.2 Å². The molecule has 0 atom stereocenters. The summed E-state index contributed by atoms with van der Waals surface area (Å²) in [5.41, 5.74) is -0.261. The predicted octanol–water partition coefficient (Wildman–Crippen LogP) is 14.7. The molecule has 2 aromatic heterocycles. The zero-order valence-electron chi connectivity index (χ0n) is 42.2. The molecule has 13 aromatic rings. The van der Waals surface area contributed by atoms with E-state index in [1.54, 1.807) is 36.4 Å². The van der Waals surface area contributed by atoms with E-state index in [0.29, 0.717) is 10.4 Å². The standard InChI is InChI=1S/C44H32O2P2.C23H12F3NO3S.Eu/c45-47(35-19-5-1-6-20-35,36-21-7-2-8-22-36)41-31-29-33-17-13-15-27-39(33)43(41)44-40-28-16-14-18-34(40)30-32-42(44)48(46,37-23-9-3-10-24-37)38-25-11-4-12-26-38;24-23(25,26)21(29)17-19(28)15-11-10-14-13-8-4-5-9-16(13)31-20(14)18(15)27(22(17)30)12-6-2-1-3-7-12;/h1-32H;1-11,28H;. The molecular formula is C67H44EuF3NO5P2S. The van der Waals surface area contributed by atoms with E-state index < -0.39 is 43.1 Å². The number of benzene rings is 11. The number of hydrogen-bond acceptors (Lipinski definition) is 6. The summed E-state index contributed by atoms with van der Waals surface area (Å²) in [5, 5.41) is 20.8. The van der Waals surface area contributed by atoms with Crippen molar-refractivity contribution in [1.29, 1.82) is 0 Å². The number of ketones is 1. The number of fused-ring (bicyclic) bond motifs is 7. The molecule has 80 heavy (non-hydrogen) atoms. The first-order chi connectivity index (χ1) is 38.4. The Morgan fingerprint density at radius 3 is 1.25 bits per heavy atom. The minimum atomic E-state index is -5.31. The van der Waals surface area contributed by atoms with Gasteiger partial charge >= 0.3 is 6.18 Å². The Kier molecular flexibility index (Phi) is 15.2. The number of nitrogens with zero attached hydrogens (tertiary/aromatic N) is 1. The van der Waals surface area contributed by atoms with Gasteiger partial charge in [0, 0.05) is 119 Å². The molecule has 0 spiro atoms. The summed E-state index contributed by atoms with van der Waals surface area (Å²) in [7, 11) is -6.94. The van der Waals surface area contributed by atoms with Crippen molar-refractivity contribution >= 4 is 116 Å². The van der Waals surface area contributed by atoms with Crippen LogP contribution in [0.15, 0.2) is 266 Å². The molecule has 6 nitrogen and oxygen atoms in total. The first-order valence-electron chi connectivity index (χ1n) is 25.3. The summed E-state index contributed by atoms with van der Waals surface area (Å²) in [5.74, 6) is -3.34. The summed E-state index contributed by atoms with van der Waals surface area (Å²) in [6.45, 7) is 0. The van der Waals surface area contributed by atoms with Crippen LogP contribution in [0, 0.1) is 49.4 Å². The van der Waals surface area contributed by atoms with E-state index in [1.807, 2.05) is 182 Å². The Labute approximate surface area is 502 Å². The van der Waals surface area contributed by atoms with E-state index >= 15 is 9.13 Å². The first-order valence-corrected chi connectivity index (χ1v) is 29.5. The molecule has 0 unspecified atom stereocenters. The van der Waals surface area contributed by atoms with Gasteiger partial charge in [-0.05, 0) is 57.9 Å². The summed E-state index contributed by atoms with van der Waals surface area (Å²) >= 11 is 1.36. The second kappa shape index (κ2) is 22.3. The Balaban J connectivity index is 0.000000182. The number of hydrogen-bond donors (Lipinski definition) is 1. The summed E-state index contributed by atoms with van der Waals surface area (Å²) in [6, 6.07) is 82.7. The quantitative estimate of drug-likeness (QED) is 0.115. The molecule has 391 valence electrons. The van der Waals surface area contributed by atoms with E-state index in [0.717, 1.165) is 84.5 Å². The Hall–Kier alpha value is -7.33. The summed E-state index contributed by atoms with van der Waals surface area (Å²) < 4.78 is 74.7. The average Bonchev–Trinajstić information content (AvgIpc) is 3.09. The van der Waals surface area contributed by atoms with Gasteiger partial charge in [-0.25, -0.2) is 0 Å². The average molecular weight is 1250 g/mol. The zero-order chi connectivity index (χ0) is 54.5. The van der Waals surface area contributed by atoms with Gasteiger partial charge in [-0.15, -0.1) is 11.3 Å². The van der Waals surface area contributed by atoms with Crippen molar-refractivity contribution in [3.63, 3.8) is 0 Å². The number of carbonyl (C=O) groups is 1. The number of thiophene rings is 1. The van der Waals surface area contributed by atoms with E-state index in [-0.39, 0.29) is 60.3 Å². The fourth-order valence-corrected chi connectivity index (χ4v) is 17.8. The number of aromatic nitrogens is 1.